The number of rotatable bonds is 22. The second-order valence-corrected chi connectivity index (χ2v) is 15.7. The summed E-state index contributed by atoms with van der Waals surface area (Å²) in [5.74, 6) is 0.0000538. The molecule has 2 rings (SSSR count). The van der Waals surface area contributed by atoms with Crippen molar-refractivity contribution in [3.05, 3.63) is 140 Å². The normalized spacial score (nSPS) is 15.0. The summed E-state index contributed by atoms with van der Waals surface area (Å²) in [6.45, 7) is 21.9. The second kappa shape index (κ2) is 24.5. The molecule has 0 saturated heterocycles. The molecule has 52 heavy (non-hydrogen) atoms. The molecule has 0 atom stereocenters. The van der Waals surface area contributed by atoms with Crippen LogP contribution in [0.5, 0.6) is 0 Å². The van der Waals surface area contributed by atoms with E-state index in [4.69, 9.17) is 0 Å². The van der Waals surface area contributed by atoms with Gasteiger partial charge in [0.25, 0.3) is 0 Å². The maximum atomic E-state index is 13.7. The number of carbonyl (C=O) groups is 2. The van der Waals surface area contributed by atoms with Gasteiger partial charge in [-0.1, -0.05) is 117 Å². The van der Waals surface area contributed by atoms with E-state index in [9.17, 15) is 9.59 Å². The molecule has 0 heterocycles. The number of ketones is 2. The smallest absolute Gasteiger partial charge is 0.190 e. The summed E-state index contributed by atoms with van der Waals surface area (Å²) in [7, 11) is 0. The van der Waals surface area contributed by atoms with Gasteiger partial charge in [-0.15, -0.1) is 0 Å². The van der Waals surface area contributed by atoms with E-state index in [0.29, 0.717) is 35.1 Å². The van der Waals surface area contributed by atoms with E-state index in [-0.39, 0.29) is 11.6 Å². The Morgan fingerprint density at radius 3 is 0.904 bits per heavy atom. The minimum atomic E-state index is 0.0000269. The Morgan fingerprint density at radius 2 is 0.635 bits per heavy atom. The molecule has 0 fully saturated rings. The van der Waals surface area contributed by atoms with Gasteiger partial charge in [0.1, 0.15) is 0 Å². The van der Waals surface area contributed by atoms with Gasteiger partial charge >= 0.3 is 0 Å². The van der Waals surface area contributed by atoms with Gasteiger partial charge < -0.3 is 0 Å². The van der Waals surface area contributed by atoms with Crippen LogP contribution >= 0.6 is 0 Å². The molecule has 0 amide bonds. The van der Waals surface area contributed by atoms with Crippen molar-refractivity contribution >= 4 is 11.6 Å². The molecule has 0 aromatic heterocycles. The average molecular weight is 703 g/mol. The topological polar surface area (TPSA) is 34.1 Å². The number of benzene rings is 1. The quantitative estimate of drug-likeness (QED) is 0.113. The number of carbonyl (C=O) groups excluding carboxylic acids is 2. The maximum Gasteiger partial charge on any atom is 0.190 e. The zero-order valence-corrected chi connectivity index (χ0v) is 34.6. The van der Waals surface area contributed by atoms with Crippen LogP contribution in [0.4, 0.5) is 0 Å². The zero-order valence-electron chi connectivity index (χ0n) is 34.6. The van der Waals surface area contributed by atoms with E-state index in [1.165, 1.54) is 44.6 Å². The van der Waals surface area contributed by atoms with Crippen LogP contribution in [0.1, 0.15) is 180 Å². The lowest BCUT2D eigenvalue weighted by Crippen LogP contribution is -2.22. The van der Waals surface area contributed by atoms with Crippen LogP contribution in [0, 0.1) is 0 Å². The predicted octanol–water partition coefficient (Wildman–Crippen LogP) is 15.4. The van der Waals surface area contributed by atoms with Crippen LogP contribution in [0.15, 0.2) is 129 Å². The second-order valence-electron chi connectivity index (χ2n) is 15.7. The summed E-state index contributed by atoms with van der Waals surface area (Å²) in [4.78, 5) is 27.5. The molecule has 1 aliphatic carbocycles. The summed E-state index contributed by atoms with van der Waals surface area (Å²) in [5.41, 5.74) is 13.5. The molecular formula is C50H70O2. The third kappa shape index (κ3) is 17.6. The minimum Gasteiger partial charge on any atom is -0.289 e. The first-order valence-corrected chi connectivity index (χ1v) is 19.9. The Bertz CT molecular complexity index is 1510. The van der Waals surface area contributed by atoms with Crippen molar-refractivity contribution in [1.82, 2.24) is 0 Å². The fraction of sp³-hybridized carbons (Fsp3) is 0.480. The Hall–Kier alpha value is -3.78. The third-order valence-corrected chi connectivity index (χ3v) is 9.95. The predicted molar refractivity (Wildman–Crippen MR) is 228 cm³/mol. The van der Waals surface area contributed by atoms with Crippen molar-refractivity contribution in [2.75, 3.05) is 0 Å². The number of Topliss-reactive ketones (excluding diaryl/α,β-unsaturated/α-hetero) is 2. The molecule has 282 valence electrons. The van der Waals surface area contributed by atoms with Gasteiger partial charge in [0, 0.05) is 22.3 Å². The standard InChI is InChI=1S/C50H70O2/c1-37(2)19-13-21-39(5)23-15-25-41(7)27-17-29-43(9)33-35-47-48(50(52)46-32-12-11-31-45(46)49(47)51)36-34-44(10)30-18-28-42(8)26-16-24-40(6)22-14-20-38(3)4/h11-12,19-20,23-24,27-28,31-34H,13-18,21-22,25-26,29-30,35-36H2,1-10H3/b39-23+,40-24+,41-27+,42-28+,43-33+,44-34+. The van der Waals surface area contributed by atoms with E-state index in [0.717, 1.165) is 77.0 Å². The Morgan fingerprint density at radius 1 is 0.385 bits per heavy atom. The fourth-order valence-electron chi connectivity index (χ4n) is 6.44. The van der Waals surface area contributed by atoms with Crippen molar-refractivity contribution in [3.63, 3.8) is 0 Å². The summed E-state index contributed by atoms with van der Waals surface area (Å²) >= 11 is 0. The fourth-order valence-corrected chi connectivity index (χ4v) is 6.44. The number of allylic oxidation sites excluding steroid dienone is 18. The maximum absolute atomic E-state index is 13.7. The SMILES string of the molecule is CC(C)=CCC/C(C)=C/CC/C(C)=C/CC/C(C)=C/CC1=C(C/C=C(\C)CC/C=C(\C)CC/C=C(\C)CCC=C(C)C)C(=O)c2ccccc2C1=O. The van der Waals surface area contributed by atoms with Crippen molar-refractivity contribution in [1.29, 1.82) is 0 Å². The van der Waals surface area contributed by atoms with E-state index < -0.39 is 0 Å². The summed E-state index contributed by atoms with van der Waals surface area (Å²) in [6, 6.07) is 7.31. The average Bonchev–Trinajstić information content (AvgIpc) is 3.08. The first-order valence-electron chi connectivity index (χ1n) is 19.9. The van der Waals surface area contributed by atoms with E-state index in [1.54, 1.807) is 12.1 Å². The van der Waals surface area contributed by atoms with Gasteiger partial charge in [-0.2, -0.15) is 0 Å². The summed E-state index contributed by atoms with van der Waals surface area (Å²) in [5, 5.41) is 0. The molecule has 1 aromatic carbocycles. The molecule has 1 aliphatic rings. The van der Waals surface area contributed by atoms with E-state index in [1.807, 2.05) is 12.1 Å². The van der Waals surface area contributed by atoms with Crippen molar-refractivity contribution in [2.45, 2.75) is 159 Å². The molecular weight excluding hydrogens is 633 g/mol. The molecule has 2 nitrogen and oxygen atoms in total. The van der Waals surface area contributed by atoms with Crippen molar-refractivity contribution in [3.8, 4) is 0 Å². The van der Waals surface area contributed by atoms with Gasteiger partial charge in [0.15, 0.2) is 11.6 Å². The zero-order chi connectivity index (χ0) is 38.5. The Kier molecular flexibility index (Phi) is 20.9. The highest BCUT2D eigenvalue weighted by Gasteiger charge is 2.30. The van der Waals surface area contributed by atoms with Gasteiger partial charge in [-0.25, -0.2) is 0 Å². The van der Waals surface area contributed by atoms with E-state index >= 15 is 0 Å². The lowest BCUT2D eigenvalue weighted by atomic mass is 9.81. The monoisotopic (exact) mass is 703 g/mol. The molecule has 0 aliphatic heterocycles. The molecule has 0 N–H and O–H groups in total. The van der Waals surface area contributed by atoms with Crippen LogP contribution in [-0.2, 0) is 0 Å². The van der Waals surface area contributed by atoms with Crippen LogP contribution in [0.2, 0.25) is 0 Å². The van der Waals surface area contributed by atoms with Gasteiger partial charge in [-0.3, -0.25) is 9.59 Å². The molecule has 1 aromatic rings. The lowest BCUT2D eigenvalue weighted by molar-refractivity contribution is 0.0971. The minimum absolute atomic E-state index is 0.0000269. The first kappa shape index (κ1) is 44.4. The largest absolute Gasteiger partial charge is 0.289 e. The third-order valence-electron chi connectivity index (χ3n) is 9.95. The Labute approximate surface area is 319 Å². The Balaban J connectivity index is 2.00. The highest BCUT2D eigenvalue weighted by Crippen LogP contribution is 2.31. The number of fused-ring (bicyclic) bond motifs is 1. The number of hydrogen-bond acceptors (Lipinski definition) is 2. The molecule has 0 spiro atoms. The van der Waals surface area contributed by atoms with Crippen molar-refractivity contribution < 1.29 is 9.59 Å². The molecule has 2 heteroatoms. The highest BCUT2D eigenvalue weighted by atomic mass is 16.1. The van der Waals surface area contributed by atoms with Gasteiger partial charge in [0.2, 0.25) is 0 Å². The molecule has 0 radical (unpaired) electrons. The van der Waals surface area contributed by atoms with Crippen LogP contribution in [0.3, 0.4) is 0 Å². The van der Waals surface area contributed by atoms with Crippen LogP contribution < -0.4 is 0 Å². The number of hydrogen-bond donors (Lipinski definition) is 0. The summed E-state index contributed by atoms with van der Waals surface area (Å²) < 4.78 is 0. The van der Waals surface area contributed by atoms with Gasteiger partial charge in [-0.05, 0) is 159 Å². The summed E-state index contributed by atoms with van der Waals surface area (Å²) in [6.07, 6.45) is 32.2. The van der Waals surface area contributed by atoms with Crippen molar-refractivity contribution in [2.24, 2.45) is 0 Å². The highest BCUT2D eigenvalue weighted by molar-refractivity contribution is 6.27. The van der Waals surface area contributed by atoms with E-state index in [2.05, 4.69) is 118 Å². The van der Waals surface area contributed by atoms with Crippen LogP contribution in [0.25, 0.3) is 0 Å². The van der Waals surface area contributed by atoms with Gasteiger partial charge in [0.05, 0.1) is 0 Å². The molecule has 0 saturated carbocycles. The van der Waals surface area contributed by atoms with Crippen LogP contribution in [-0.4, -0.2) is 11.6 Å². The lowest BCUT2D eigenvalue weighted by Gasteiger charge is -2.20. The first-order chi connectivity index (χ1) is 24.8. The molecule has 0 bridgehead atoms. The molecule has 0 unspecified atom stereocenters.